The van der Waals surface area contributed by atoms with Gasteiger partial charge in [-0.05, 0) is 75.1 Å². The molecule has 1 aromatic heterocycles. The minimum atomic E-state index is -0.328. The van der Waals surface area contributed by atoms with Gasteiger partial charge in [0.15, 0.2) is 11.5 Å². The highest BCUT2D eigenvalue weighted by Crippen LogP contribution is 2.39. The monoisotopic (exact) mass is 478 g/mol. The summed E-state index contributed by atoms with van der Waals surface area (Å²) in [4.78, 5) is 24.5. The number of benzene rings is 1. The first-order valence-corrected chi connectivity index (χ1v) is 12.8. The summed E-state index contributed by atoms with van der Waals surface area (Å²) in [7, 11) is 3.96. The van der Waals surface area contributed by atoms with Gasteiger partial charge in [0.2, 0.25) is 0 Å². The molecule has 1 aliphatic heterocycles. The van der Waals surface area contributed by atoms with Crippen LogP contribution >= 0.6 is 0 Å². The average Bonchev–Trinajstić information content (AvgIpc) is 3.38. The van der Waals surface area contributed by atoms with Crippen molar-refractivity contribution in [1.82, 2.24) is 14.9 Å². The molecule has 4 rings (SSSR count). The van der Waals surface area contributed by atoms with Gasteiger partial charge in [0.1, 0.15) is 6.07 Å². The van der Waals surface area contributed by atoms with E-state index in [9.17, 15) is 4.79 Å². The minimum Gasteiger partial charge on any atom is -0.383 e. The summed E-state index contributed by atoms with van der Waals surface area (Å²) < 4.78 is 5.25. The van der Waals surface area contributed by atoms with Crippen molar-refractivity contribution in [1.29, 1.82) is 5.26 Å². The summed E-state index contributed by atoms with van der Waals surface area (Å²) in [6.45, 7) is 6.04. The molecule has 0 atom stereocenters. The number of rotatable bonds is 8. The van der Waals surface area contributed by atoms with Gasteiger partial charge in [-0.15, -0.1) is 0 Å². The van der Waals surface area contributed by atoms with Gasteiger partial charge < -0.3 is 24.8 Å². The molecule has 35 heavy (non-hydrogen) atoms. The number of amides is 1. The molecule has 0 unspecified atom stereocenters. The number of aromatic amines is 1. The van der Waals surface area contributed by atoms with E-state index in [1.807, 2.05) is 12.1 Å². The molecule has 188 valence electrons. The second kappa shape index (κ2) is 11.7. The highest BCUT2D eigenvalue weighted by atomic mass is 16.5. The third kappa shape index (κ3) is 6.22. The zero-order valence-electron chi connectivity index (χ0n) is 21.2. The maximum Gasteiger partial charge on any atom is 0.291 e. The molecule has 0 bridgehead atoms. The highest BCUT2D eigenvalue weighted by Gasteiger charge is 2.27. The number of likely N-dealkylation sites (N-methyl/N-ethyl adjacent to an activating group) is 1. The summed E-state index contributed by atoms with van der Waals surface area (Å²) in [6, 6.07) is 9.10. The van der Waals surface area contributed by atoms with E-state index in [2.05, 4.69) is 51.2 Å². The van der Waals surface area contributed by atoms with Gasteiger partial charge in [0.25, 0.3) is 5.91 Å². The first-order valence-electron chi connectivity index (χ1n) is 12.8. The molecular weight excluding hydrogens is 440 g/mol. The molecule has 1 amide bonds. The molecule has 8 nitrogen and oxygen atoms in total. The SMILES string of the molecule is COCCN(C)C1CCC(c2ccc(NC(=O)c3nc(C#N)c[nH]3)c(N3CCC(C)CC3)c2)CC1. The van der Waals surface area contributed by atoms with Crippen LogP contribution in [-0.4, -0.2) is 67.2 Å². The fraction of sp³-hybridized carbons (Fsp3) is 0.593. The Morgan fingerprint density at radius 2 is 2.00 bits per heavy atom. The lowest BCUT2D eigenvalue weighted by Gasteiger charge is -2.36. The number of carbonyl (C=O) groups excluding carboxylic acids is 1. The van der Waals surface area contributed by atoms with Crippen LogP contribution in [0.5, 0.6) is 0 Å². The molecule has 2 aliphatic rings. The third-order valence-electron chi connectivity index (χ3n) is 7.74. The number of imidazole rings is 1. The van der Waals surface area contributed by atoms with E-state index in [1.165, 1.54) is 37.4 Å². The molecule has 0 radical (unpaired) electrons. The number of methoxy groups -OCH3 is 1. The van der Waals surface area contributed by atoms with E-state index >= 15 is 0 Å². The molecule has 0 spiro atoms. The lowest BCUT2D eigenvalue weighted by Crippen LogP contribution is -2.37. The average molecular weight is 479 g/mol. The van der Waals surface area contributed by atoms with Crippen LogP contribution in [0.4, 0.5) is 11.4 Å². The minimum absolute atomic E-state index is 0.153. The van der Waals surface area contributed by atoms with Crippen LogP contribution in [0.3, 0.4) is 0 Å². The molecular formula is C27H38N6O2. The Morgan fingerprint density at radius 1 is 1.26 bits per heavy atom. The number of nitriles is 1. The van der Waals surface area contributed by atoms with Crippen molar-refractivity contribution < 1.29 is 9.53 Å². The van der Waals surface area contributed by atoms with Crippen LogP contribution in [0.25, 0.3) is 0 Å². The molecule has 2 aromatic rings. The Kier molecular flexibility index (Phi) is 8.42. The fourth-order valence-electron chi connectivity index (χ4n) is 5.36. The molecule has 2 heterocycles. The van der Waals surface area contributed by atoms with Gasteiger partial charge >= 0.3 is 0 Å². The van der Waals surface area contributed by atoms with Crippen molar-refractivity contribution in [3.05, 3.63) is 41.5 Å². The normalized spacial score (nSPS) is 21.2. The van der Waals surface area contributed by atoms with Crippen LogP contribution in [-0.2, 0) is 4.74 Å². The van der Waals surface area contributed by atoms with Gasteiger partial charge in [0.05, 0.1) is 18.0 Å². The molecule has 1 aromatic carbocycles. The predicted octanol–water partition coefficient (Wildman–Crippen LogP) is 4.37. The smallest absolute Gasteiger partial charge is 0.291 e. The number of piperidine rings is 1. The Morgan fingerprint density at radius 3 is 2.66 bits per heavy atom. The first-order chi connectivity index (χ1) is 17.0. The van der Waals surface area contributed by atoms with Crippen LogP contribution in [0.1, 0.15) is 73.2 Å². The zero-order chi connectivity index (χ0) is 24.8. The van der Waals surface area contributed by atoms with Crippen molar-refractivity contribution in [2.45, 2.75) is 57.4 Å². The van der Waals surface area contributed by atoms with Gasteiger partial charge in [0, 0.05) is 39.0 Å². The predicted molar refractivity (Wildman–Crippen MR) is 138 cm³/mol. The number of ether oxygens (including phenoxy) is 1. The Bertz CT molecular complexity index is 1030. The largest absolute Gasteiger partial charge is 0.383 e. The van der Waals surface area contributed by atoms with Crippen molar-refractivity contribution >= 4 is 17.3 Å². The van der Waals surface area contributed by atoms with Crippen LogP contribution in [0, 0.1) is 17.2 Å². The molecule has 1 saturated carbocycles. The van der Waals surface area contributed by atoms with Gasteiger partial charge in [-0.3, -0.25) is 4.79 Å². The number of nitrogens with one attached hydrogen (secondary N) is 2. The summed E-state index contributed by atoms with van der Waals surface area (Å²) in [6.07, 6.45) is 8.49. The zero-order valence-corrected chi connectivity index (χ0v) is 21.2. The number of nitrogens with zero attached hydrogens (tertiary/aromatic N) is 4. The summed E-state index contributed by atoms with van der Waals surface area (Å²) in [5.41, 5.74) is 3.46. The summed E-state index contributed by atoms with van der Waals surface area (Å²) in [5, 5.41) is 12.1. The topological polar surface area (TPSA) is 97.3 Å². The van der Waals surface area contributed by atoms with Gasteiger partial charge in [-0.25, -0.2) is 4.98 Å². The number of carbonyl (C=O) groups is 1. The highest BCUT2D eigenvalue weighted by molar-refractivity contribution is 6.03. The number of H-pyrrole nitrogens is 1. The first kappa shape index (κ1) is 25.2. The van der Waals surface area contributed by atoms with Gasteiger partial charge in [-0.1, -0.05) is 13.0 Å². The Balaban J connectivity index is 1.50. The number of aromatic nitrogens is 2. The Labute approximate surface area is 208 Å². The van der Waals surface area contributed by atoms with Crippen LogP contribution < -0.4 is 10.2 Å². The molecule has 2 fully saturated rings. The van der Waals surface area contributed by atoms with Crippen molar-refractivity contribution in [3.63, 3.8) is 0 Å². The molecule has 2 N–H and O–H groups in total. The molecule has 8 heteroatoms. The standard InChI is InChI=1S/C27H38N6O2/c1-19-10-12-33(13-11-19)25-16-21(20-4-7-23(8-5-20)32(2)14-15-35-3)6-9-24(25)31-27(34)26-29-18-22(17-28)30-26/h6,9,16,18-20,23H,4-5,7-8,10-15H2,1-3H3,(H,29,30)(H,31,34). The maximum absolute atomic E-state index is 12.8. The van der Waals surface area contributed by atoms with E-state index in [4.69, 9.17) is 10.00 Å². The van der Waals surface area contributed by atoms with E-state index < -0.39 is 0 Å². The summed E-state index contributed by atoms with van der Waals surface area (Å²) >= 11 is 0. The fourth-order valence-corrected chi connectivity index (χ4v) is 5.36. The number of hydrogen-bond donors (Lipinski definition) is 2. The van der Waals surface area contributed by atoms with E-state index in [0.29, 0.717) is 12.0 Å². The maximum atomic E-state index is 12.8. The van der Waals surface area contributed by atoms with Gasteiger partial charge in [-0.2, -0.15) is 5.26 Å². The van der Waals surface area contributed by atoms with Crippen molar-refractivity contribution in [2.75, 3.05) is 50.6 Å². The summed E-state index contributed by atoms with van der Waals surface area (Å²) in [5.74, 6) is 1.09. The lowest BCUT2D eigenvalue weighted by atomic mass is 9.81. The molecule has 1 aliphatic carbocycles. The van der Waals surface area contributed by atoms with E-state index in [-0.39, 0.29) is 17.4 Å². The van der Waals surface area contributed by atoms with Crippen LogP contribution in [0.2, 0.25) is 0 Å². The lowest BCUT2D eigenvalue weighted by molar-refractivity contribution is 0.101. The Hall–Kier alpha value is -2.89. The quantitative estimate of drug-likeness (QED) is 0.585. The molecule has 1 saturated heterocycles. The van der Waals surface area contributed by atoms with Crippen molar-refractivity contribution in [3.8, 4) is 6.07 Å². The van der Waals surface area contributed by atoms with Crippen molar-refractivity contribution in [2.24, 2.45) is 5.92 Å². The van der Waals surface area contributed by atoms with E-state index in [1.54, 1.807) is 7.11 Å². The van der Waals surface area contributed by atoms with E-state index in [0.717, 1.165) is 56.4 Å². The number of anilines is 2. The third-order valence-corrected chi connectivity index (χ3v) is 7.74. The second-order valence-electron chi connectivity index (χ2n) is 10.1. The van der Waals surface area contributed by atoms with Crippen LogP contribution in [0.15, 0.2) is 24.4 Å². The second-order valence-corrected chi connectivity index (χ2v) is 10.1. The number of hydrogen-bond acceptors (Lipinski definition) is 6.